The highest BCUT2D eigenvalue weighted by molar-refractivity contribution is 7.92. The van der Waals surface area contributed by atoms with E-state index in [0.29, 0.717) is 16.3 Å². The molecule has 0 bridgehead atoms. The molecule has 0 aliphatic heterocycles. The van der Waals surface area contributed by atoms with Crippen molar-refractivity contribution < 1.29 is 18.0 Å². The predicted octanol–water partition coefficient (Wildman–Crippen LogP) is 5.48. The van der Waals surface area contributed by atoms with Crippen molar-refractivity contribution in [2.24, 2.45) is 0 Å². The lowest BCUT2D eigenvalue weighted by atomic mass is 10.1. The molecule has 3 rings (SSSR count). The summed E-state index contributed by atoms with van der Waals surface area (Å²) < 4.78 is 28.9. The van der Waals surface area contributed by atoms with Crippen LogP contribution in [-0.2, 0) is 26.2 Å². The van der Waals surface area contributed by atoms with Gasteiger partial charge in [-0.1, -0.05) is 61.0 Å². The number of rotatable bonds is 11. The molecule has 9 heteroatoms. The first-order valence-electron chi connectivity index (χ1n) is 12.9. The van der Waals surface area contributed by atoms with E-state index in [1.165, 1.54) is 17.0 Å². The Labute approximate surface area is 236 Å². The van der Waals surface area contributed by atoms with Gasteiger partial charge in [0, 0.05) is 17.6 Å². The van der Waals surface area contributed by atoms with Gasteiger partial charge in [0.1, 0.15) is 12.6 Å². The lowest BCUT2D eigenvalue weighted by Gasteiger charge is -2.33. The maximum Gasteiger partial charge on any atom is 0.264 e. The van der Waals surface area contributed by atoms with Crippen LogP contribution >= 0.6 is 11.6 Å². The largest absolute Gasteiger partial charge is 0.352 e. The van der Waals surface area contributed by atoms with Crippen LogP contribution < -0.4 is 9.62 Å². The van der Waals surface area contributed by atoms with Crippen molar-refractivity contribution in [3.63, 3.8) is 0 Å². The zero-order chi connectivity index (χ0) is 28.7. The molecule has 1 N–H and O–H groups in total. The predicted molar refractivity (Wildman–Crippen MR) is 156 cm³/mol. The van der Waals surface area contributed by atoms with Gasteiger partial charge in [-0.15, -0.1) is 0 Å². The zero-order valence-corrected chi connectivity index (χ0v) is 24.6. The SMILES string of the molecule is CC[C@@H](C)NC(=O)[C@H](C)N(Cc1ccc(Cl)cc1)C(=O)CN(c1cc(C)ccc1C)S(=O)(=O)c1ccccc1. The quantitative estimate of drug-likeness (QED) is 0.331. The Hall–Kier alpha value is -3.36. The normalized spacial score (nSPS) is 12.9. The van der Waals surface area contributed by atoms with Gasteiger partial charge in [-0.25, -0.2) is 8.42 Å². The maximum absolute atomic E-state index is 14.0. The number of sulfonamides is 1. The highest BCUT2D eigenvalue weighted by Gasteiger charge is 2.33. The Bertz CT molecular complexity index is 1400. The summed E-state index contributed by atoms with van der Waals surface area (Å²) in [5, 5.41) is 3.48. The number of hydrogen-bond acceptors (Lipinski definition) is 4. The van der Waals surface area contributed by atoms with Gasteiger partial charge in [-0.05, 0) is 81.1 Å². The summed E-state index contributed by atoms with van der Waals surface area (Å²) >= 11 is 6.05. The van der Waals surface area contributed by atoms with Gasteiger partial charge in [0.2, 0.25) is 11.8 Å². The Kier molecular flexibility index (Phi) is 10.2. The lowest BCUT2D eigenvalue weighted by Crippen LogP contribution is -2.52. The molecular weight excluding hydrogens is 534 g/mol. The highest BCUT2D eigenvalue weighted by atomic mass is 35.5. The van der Waals surface area contributed by atoms with Gasteiger partial charge in [0.05, 0.1) is 10.6 Å². The van der Waals surface area contributed by atoms with Crippen LogP contribution in [0.4, 0.5) is 5.69 Å². The molecule has 0 aliphatic rings. The van der Waals surface area contributed by atoms with Gasteiger partial charge in [-0.2, -0.15) is 0 Å². The van der Waals surface area contributed by atoms with Crippen molar-refractivity contribution in [3.8, 4) is 0 Å². The molecule has 0 saturated carbocycles. The molecule has 39 heavy (non-hydrogen) atoms. The molecule has 3 aromatic rings. The summed E-state index contributed by atoms with van der Waals surface area (Å²) in [4.78, 5) is 28.6. The molecule has 2 amide bonds. The van der Waals surface area contributed by atoms with E-state index in [4.69, 9.17) is 11.6 Å². The van der Waals surface area contributed by atoms with Crippen molar-refractivity contribution in [2.75, 3.05) is 10.8 Å². The molecule has 0 unspecified atom stereocenters. The van der Waals surface area contributed by atoms with E-state index in [-0.39, 0.29) is 23.4 Å². The molecule has 0 aliphatic carbocycles. The van der Waals surface area contributed by atoms with E-state index in [9.17, 15) is 18.0 Å². The van der Waals surface area contributed by atoms with Crippen LogP contribution in [0, 0.1) is 13.8 Å². The fourth-order valence-electron chi connectivity index (χ4n) is 4.06. The van der Waals surface area contributed by atoms with Gasteiger partial charge in [0.15, 0.2) is 0 Å². The lowest BCUT2D eigenvalue weighted by molar-refractivity contribution is -0.139. The number of amides is 2. The smallest absolute Gasteiger partial charge is 0.264 e. The summed E-state index contributed by atoms with van der Waals surface area (Å²) in [5.41, 5.74) is 2.74. The first kappa shape index (κ1) is 30.2. The minimum absolute atomic E-state index is 0.0719. The summed E-state index contributed by atoms with van der Waals surface area (Å²) in [6.45, 7) is 8.81. The van der Waals surface area contributed by atoms with Crippen LogP contribution in [0.1, 0.15) is 43.9 Å². The van der Waals surface area contributed by atoms with Crippen LogP contribution in [-0.4, -0.2) is 43.8 Å². The second-order valence-corrected chi connectivity index (χ2v) is 12.1. The first-order chi connectivity index (χ1) is 18.4. The van der Waals surface area contributed by atoms with E-state index in [1.807, 2.05) is 32.9 Å². The number of carbonyl (C=O) groups excluding carboxylic acids is 2. The van der Waals surface area contributed by atoms with Gasteiger partial charge < -0.3 is 10.2 Å². The van der Waals surface area contributed by atoms with E-state index < -0.39 is 28.5 Å². The molecule has 0 spiro atoms. The molecule has 2 atom stereocenters. The molecular formula is C30H36ClN3O4S. The van der Waals surface area contributed by atoms with Crippen molar-refractivity contribution in [3.05, 3.63) is 94.5 Å². The molecule has 3 aromatic carbocycles. The van der Waals surface area contributed by atoms with Crippen LogP contribution in [0.15, 0.2) is 77.7 Å². The van der Waals surface area contributed by atoms with Crippen molar-refractivity contribution in [2.45, 2.75) is 64.6 Å². The first-order valence-corrected chi connectivity index (χ1v) is 14.7. The second kappa shape index (κ2) is 13.1. The Morgan fingerprint density at radius 3 is 2.21 bits per heavy atom. The standard InChI is InChI=1S/C30H36ClN3O4S/c1-6-23(4)32-30(36)24(5)33(19-25-14-16-26(31)17-15-25)29(35)20-34(28-18-21(2)12-13-22(28)3)39(37,38)27-10-8-7-9-11-27/h7-18,23-24H,6,19-20H2,1-5H3,(H,32,36)/t23-,24+/m1/s1. The summed E-state index contributed by atoms with van der Waals surface area (Å²) in [5.74, 6) is -0.812. The number of anilines is 1. The van der Waals surface area contributed by atoms with E-state index >= 15 is 0 Å². The number of nitrogens with zero attached hydrogens (tertiary/aromatic N) is 2. The van der Waals surface area contributed by atoms with Gasteiger partial charge in [-0.3, -0.25) is 13.9 Å². The molecule has 0 radical (unpaired) electrons. The molecule has 7 nitrogen and oxygen atoms in total. The molecule has 0 fully saturated rings. The van der Waals surface area contributed by atoms with Crippen LogP contribution in [0.25, 0.3) is 0 Å². The molecule has 0 heterocycles. The number of aryl methyl sites for hydroxylation is 2. The van der Waals surface area contributed by atoms with Gasteiger partial charge >= 0.3 is 0 Å². The van der Waals surface area contributed by atoms with Gasteiger partial charge in [0.25, 0.3) is 10.0 Å². The van der Waals surface area contributed by atoms with Crippen LogP contribution in [0.3, 0.4) is 0 Å². The van der Waals surface area contributed by atoms with E-state index in [1.54, 1.807) is 62.4 Å². The average molecular weight is 570 g/mol. The number of carbonyl (C=O) groups is 2. The number of benzene rings is 3. The Morgan fingerprint density at radius 2 is 1.59 bits per heavy atom. The fourth-order valence-corrected chi connectivity index (χ4v) is 5.67. The molecule has 208 valence electrons. The minimum Gasteiger partial charge on any atom is -0.352 e. The second-order valence-electron chi connectivity index (χ2n) is 9.76. The number of nitrogens with one attached hydrogen (secondary N) is 1. The number of hydrogen-bond donors (Lipinski definition) is 1. The summed E-state index contributed by atoms with van der Waals surface area (Å²) in [7, 11) is -4.10. The van der Waals surface area contributed by atoms with Crippen molar-refractivity contribution >= 4 is 39.1 Å². The summed E-state index contributed by atoms with van der Waals surface area (Å²) in [6, 6.07) is 19.6. The molecule has 0 aromatic heterocycles. The summed E-state index contributed by atoms with van der Waals surface area (Å²) in [6.07, 6.45) is 0.735. The topological polar surface area (TPSA) is 86.8 Å². The minimum atomic E-state index is -4.10. The average Bonchev–Trinajstić information content (AvgIpc) is 2.92. The Balaban J connectivity index is 2.05. The van der Waals surface area contributed by atoms with Crippen molar-refractivity contribution in [1.82, 2.24) is 10.2 Å². The number of halogens is 1. The highest BCUT2D eigenvalue weighted by Crippen LogP contribution is 2.28. The zero-order valence-electron chi connectivity index (χ0n) is 23.0. The maximum atomic E-state index is 14.0. The van der Waals surface area contributed by atoms with E-state index in [2.05, 4.69) is 5.32 Å². The third kappa shape index (κ3) is 7.61. The third-order valence-electron chi connectivity index (χ3n) is 6.68. The monoisotopic (exact) mass is 569 g/mol. The van der Waals surface area contributed by atoms with Crippen molar-refractivity contribution in [1.29, 1.82) is 0 Å². The molecule has 0 saturated heterocycles. The van der Waals surface area contributed by atoms with Crippen LogP contribution in [0.2, 0.25) is 5.02 Å². The fraction of sp³-hybridized carbons (Fsp3) is 0.333. The van der Waals surface area contributed by atoms with E-state index in [0.717, 1.165) is 21.9 Å². The Morgan fingerprint density at radius 1 is 0.949 bits per heavy atom. The van der Waals surface area contributed by atoms with Crippen LogP contribution in [0.5, 0.6) is 0 Å². The third-order valence-corrected chi connectivity index (χ3v) is 8.70.